The molecule has 0 spiro atoms. The summed E-state index contributed by atoms with van der Waals surface area (Å²) >= 11 is 0. The molecule has 2 fully saturated rings. The fourth-order valence-electron chi connectivity index (χ4n) is 2.09. The van der Waals surface area contributed by atoms with E-state index in [0.717, 1.165) is 18.4 Å². The number of nitrogens with two attached hydrogens (primary N) is 1. The maximum absolute atomic E-state index is 5.98. The molecule has 1 aromatic heterocycles. The third kappa shape index (κ3) is 1.93. The van der Waals surface area contributed by atoms with Gasteiger partial charge in [0, 0.05) is 18.5 Å². The predicted molar refractivity (Wildman–Crippen MR) is 59.5 cm³/mol. The van der Waals surface area contributed by atoms with Gasteiger partial charge in [0.2, 0.25) is 0 Å². The molecule has 2 aliphatic carbocycles. The molecule has 2 aliphatic rings. The predicted octanol–water partition coefficient (Wildman–Crippen LogP) is 2.19. The molecular weight excluding hydrogens is 186 g/mol. The number of rotatable bonds is 4. The van der Waals surface area contributed by atoms with Crippen molar-refractivity contribution in [3.8, 4) is 0 Å². The Hall–Kier alpha value is -0.830. The van der Waals surface area contributed by atoms with Crippen LogP contribution in [-0.4, -0.2) is 9.78 Å². The molecule has 82 valence electrons. The van der Waals surface area contributed by atoms with Gasteiger partial charge in [-0.2, -0.15) is 5.10 Å². The molecule has 0 bridgehead atoms. The number of aromatic nitrogens is 2. The molecule has 0 aromatic carbocycles. The van der Waals surface area contributed by atoms with Crippen molar-refractivity contribution >= 4 is 0 Å². The van der Waals surface area contributed by atoms with Gasteiger partial charge >= 0.3 is 0 Å². The molecule has 1 aromatic rings. The van der Waals surface area contributed by atoms with Crippen LogP contribution in [0.15, 0.2) is 6.07 Å². The molecule has 3 rings (SSSR count). The van der Waals surface area contributed by atoms with Crippen LogP contribution in [-0.2, 0) is 6.54 Å². The smallest absolute Gasteiger partial charge is 0.0659 e. The number of hydrogen-bond donors (Lipinski definition) is 1. The molecule has 1 heterocycles. The molecule has 0 radical (unpaired) electrons. The lowest BCUT2D eigenvalue weighted by Crippen LogP contribution is -2.14. The van der Waals surface area contributed by atoms with E-state index in [1.807, 2.05) is 0 Å². The number of nitrogens with zero attached hydrogens (tertiary/aromatic N) is 2. The highest BCUT2D eigenvalue weighted by molar-refractivity contribution is 5.20. The van der Waals surface area contributed by atoms with Crippen LogP contribution < -0.4 is 5.73 Å². The zero-order valence-corrected chi connectivity index (χ0v) is 9.32. The topological polar surface area (TPSA) is 43.8 Å². The average molecular weight is 205 g/mol. The molecule has 0 aliphatic heterocycles. The van der Waals surface area contributed by atoms with E-state index in [-0.39, 0.29) is 6.04 Å². The van der Waals surface area contributed by atoms with Gasteiger partial charge in [0.05, 0.1) is 11.4 Å². The molecular formula is C12H19N3. The summed E-state index contributed by atoms with van der Waals surface area (Å²) in [5, 5.41) is 4.71. The van der Waals surface area contributed by atoms with Crippen LogP contribution in [0.3, 0.4) is 0 Å². The van der Waals surface area contributed by atoms with Gasteiger partial charge in [-0.05, 0) is 44.6 Å². The van der Waals surface area contributed by atoms with Crippen molar-refractivity contribution in [2.24, 2.45) is 11.7 Å². The summed E-state index contributed by atoms with van der Waals surface area (Å²) in [7, 11) is 0. The van der Waals surface area contributed by atoms with Crippen molar-refractivity contribution in [2.75, 3.05) is 0 Å². The van der Waals surface area contributed by atoms with Crippen LogP contribution in [0.2, 0.25) is 0 Å². The van der Waals surface area contributed by atoms with Crippen molar-refractivity contribution in [1.29, 1.82) is 0 Å². The summed E-state index contributed by atoms with van der Waals surface area (Å²) in [5.41, 5.74) is 8.49. The minimum Gasteiger partial charge on any atom is -0.323 e. The lowest BCUT2D eigenvalue weighted by molar-refractivity contribution is 0.518. The van der Waals surface area contributed by atoms with Gasteiger partial charge in [-0.3, -0.25) is 4.68 Å². The summed E-state index contributed by atoms with van der Waals surface area (Å²) in [6.45, 7) is 3.14. The van der Waals surface area contributed by atoms with Crippen molar-refractivity contribution in [2.45, 2.75) is 51.1 Å². The maximum atomic E-state index is 5.98. The fraction of sp³-hybridized carbons (Fsp3) is 0.750. The van der Waals surface area contributed by atoms with Crippen molar-refractivity contribution in [3.63, 3.8) is 0 Å². The van der Waals surface area contributed by atoms with Crippen molar-refractivity contribution < 1.29 is 0 Å². The Morgan fingerprint density at radius 2 is 2.20 bits per heavy atom. The summed E-state index contributed by atoms with van der Waals surface area (Å²) in [6, 6.07) is 2.34. The molecule has 15 heavy (non-hydrogen) atoms. The quantitative estimate of drug-likeness (QED) is 0.818. The molecule has 2 N–H and O–H groups in total. The van der Waals surface area contributed by atoms with E-state index in [2.05, 4.69) is 17.7 Å². The molecule has 3 nitrogen and oxygen atoms in total. The van der Waals surface area contributed by atoms with Gasteiger partial charge in [0.25, 0.3) is 0 Å². The highest BCUT2D eigenvalue weighted by atomic mass is 15.3. The summed E-state index contributed by atoms with van der Waals surface area (Å²) in [6.07, 6.45) is 5.38. The minimum atomic E-state index is 0.115. The first kappa shape index (κ1) is 9.40. The monoisotopic (exact) mass is 205 g/mol. The lowest BCUT2D eigenvalue weighted by Gasteiger charge is -2.08. The maximum Gasteiger partial charge on any atom is 0.0659 e. The second-order valence-electron chi connectivity index (χ2n) is 5.18. The largest absolute Gasteiger partial charge is 0.323 e. The van der Waals surface area contributed by atoms with E-state index in [0.29, 0.717) is 0 Å². The Labute approximate surface area is 90.7 Å². The van der Waals surface area contributed by atoms with E-state index in [1.54, 1.807) is 0 Å². The van der Waals surface area contributed by atoms with Gasteiger partial charge in [-0.25, -0.2) is 0 Å². The first-order valence-corrected chi connectivity index (χ1v) is 6.07. The third-order valence-electron chi connectivity index (χ3n) is 3.42. The first-order valence-electron chi connectivity index (χ1n) is 6.07. The van der Waals surface area contributed by atoms with Crippen LogP contribution in [0.25, 0.3) is 0 Å². The van der Waals surface area contributed by atoms with Gasteiger partial charge in [0.1, 0.15) is 0 Å². The van der Waals surface area contributed by atoms with Gasteiger partial charge in [0.15, 0.2) is 0 Å². The Morgan fingerprint density at radius 1 is 1.47 bits per heavy atom. The normalized spacial score (nSPS) is 23.1. The standard InChI is InChI=1S/C12H19N3/c1-8(13)12-6-11(10-4-5-10)14-15(12)7-9-2-3-9/h6,8-10H,2-5,7,13H2,1H3. The molecule has 2 saturated carbocycles. The second-order valence-corrected chi connectivity index (χ2v) is 5.18. The van der Waals surface area contributed by atoms with E-state index < -0.39 is 0 Å². The van der Waals surface area contributed by atoms with Crippen LogP contribution in [0, 0.1) is 5.92 Å². The lowest BCUT2D eigenvalue weighted by atomic mass is 10.2. The van der Waals surface area contributed by atoms with Crippen molar-refractivity contribution in [1.82, 2.24) is 9.78 Å². The molecule has 0 saturated heterocycles. The zero-order chi connectivity index (χ0) is 10.4. The first-order chi connectivity index (χ1) is 7.24. The Kier molecular flexibility index (Phi) is 2.09. The van der Waals surface area contributed by atoms with Gasteiger partial charge in [-0.1, -0.05) is 0 Å². The van der Waals surface area contributed by atoms with E-state index in [1.165, 1.54) is 37.1 Å². The summed E-state index contributed by atoms with van der Waals surface area (Å²) in [5.74, 6) is 1.61. The Bertz CT molecular complexity index is 359. The SMILES string of the molecule is CC(N)c1cc(C2CC2)nn1CC1CC1. The third-order valence-corrected chi connectivity index (χ3v) is 3.42. The molecule has 1 atom stereocenters. The fourth-order valence-corrected chi connectivity index (χ4v) is 2.09. The Morgan fingerprint density at radius 3 is 2.73 bits per heavy atom. The van der Waals surface area contributed by atoms with E-state index in [4.69, 9.17) is 10.8 Å². The highest BCUT2D eigenvalue weighted by Crippen LogP contribution is 2.40. The highest BCUT2D eigenvalue weighted by Gasteiger charge is 2.29. The van der Waals surface area contributed by atoms with Crippen LogP contribution in [0.5, 0.6) is 0 Å². The van der Waals surface area contributed by atoms with Crippen LogP contribution in [0.4, 0.5) is 0 Å². The average Bonchev–Trinajstić information content (AvgIpc) is 3.05. The van der Waals surface area contributed by atoms with Crippen molar-refractivity contribution in [3.05, 3.63) is 17.5 Å². The molecule has 1 unspecified atom stereocenters. The van der Waals surface area contributed by atoms with Gasteiger partial charge < -0.3 is 5.73 Å². The summed E-state index contributed by atoms with van der Waals surface area (Å²) < 4.78 is 2.16. The van der Waals surface area contributed by atoms with E-state index >= 15 is 0 Å². The molecule has 3 heteroatoms. The zero-order valence-electron chi connectivity index (χ0n) is 9.32. The summed E-state index contributed by atoms with van der Waals surface area (Å²) in [4.78, 5) is 0. The Balaban J connectivity index is 1.86. The minimum absolute atomic E-state index is 0.115. The molecule has 0 amide bonds. The number of hydrogen-bond acceptors (Lipinski definition) is 2. The van der Waals surface area contributed by atoms with E-state index in [9.17, 15) is 0 Å². The van der Waals surface area contributed by atoms with Gasteiger partial charge in [-0.15, -0.1) is 0 Å². The van der Waals surface area contributed by atoms with Crippen LogP contribution in [0.1, 0.15) is 56.0 Å². The second kappa shape index (κ2) is 3.34. The van der Waals surface area contributed by atoms with Crippen LogP contribution >= 0.6 is 0 Å².